The molecule has 90 valence electrons. The van der Waals surface area contributed by atoms with E-state index in [9.17, 15) is 4.57 Å². The van der Waals surface area contributed by atoms with Crippen LogP contribution < -0.4 is 5.30 Å². The molecule has 6 heteroatoms. The van der Waals surface area contributed by atoms with E-state index in [0.717, 1.165) is 0 Å². The molecule has 0 N–H and O–H groups in total. The van der Waals surface area contributed by atoms with Crippen LogP contribution in [0.4, 0.5) is 0 Å². The molecule has 0 amide bonds. The second-order valence-electron chi connectivity index (χ2n) is 2.93. The Morgan fingerprint density at radius 2 is 1.88 bits per heavy atom. The lowest BCUT2D eigenvalue weighted by molar-refractivity contribution is 0.230. The predicted octanol–water partition coefficient (Wildman–Crippen LogP) is 3.99. The minimum absolute atomic E-state index is 0.326. The van der Waals surface area contributed by atoms with Gasteiger partial charge in [-0.15, -0.1) is 0 Å². The molecule has 0 saturated carbocycles. The van der Waals surface area contributed by atoms with Crippen LogP contribution in [0.1, 0.15) is 13.8 Å². The summed E-state index contributed by atoms with van der Waals surface area (Å²) in [5.41, 5.74) is 0. The van der Waals surface area contributed by atoms with Crippen LogP contribution in [0.2, 0.25) is 5.02 Å². The van der Waals surface area contributed by atoms with Crippen LogP contribution >= 0.6 is 35.1 Å². The summed E-state index contributed by atoms with van der Waals surface area (Å²) in [6.45, 7) is 4.20. The molecular formula is C10H13BrClO3P. The third-order valence-electron chi connectivity index (χ3n) is 1.80. The van der Waals surface area contributed by atoms with Crippen LogP contribution in [0.15, 0.2) is 22.7 Å². The fraction of sp³-hybridized carbons (Fsp3) is 0.400. The molecule has 0 atom stereocenters. The normalized spacial score (nSPS) is 11.8. The van der Waals surface area contributed by atoms with Gasteiger partial charge in [-0.25, -0.2) is 0 Å². The zero-order valence-electron chi connectivity index (χ0n) is 9.07. The Bertz CT molecular complexity index is 401. The van der Waals surface area contributed by atoms with E-state index >= 15 is 0 Å². The Balaban J connectivity index is 3.15. The molecule has 0 saturated heterocycles. The molecule has 16 heavy (non-hydrogen) atoms. The monoisotopic (exact) mass is 326 g/mol. The van der Waals surface area contributed by atoms with E-state index < -0.39 is 7.60 Å². The van der Waals surface area contributed by atoms with Gasteiger partial charge in [-0.2, -0.15) is 0 Å². The number of hydrogen-bond acceptors (Lipinski definition) is 3. The molecule has 0 aliphatic rings. The number of rotatable bonds is 5. The second kappa shape index (κ2) is 6.18. The van der Waals surface area contributed by atoms with E-state index in [-0.39, 0.29) is 0 Å². The first kappa shape index (κ1) is 14.2. The summed E-state index contributed by atoms with van der Waals surface area (Å²) in [6.07, 6.45) is 0. The standard InChI is InChI=1S/C10H13BrClO3P/c1-3-14-16(13,15-4-2)10-6-5-8(12)7-9(10)11/h5-7H,3-4H2,1-2H3. The molecule has 0 aliphatic heterocycles. The first-order chi connectivity index (χ1) is 7.53. The van der Waals surface area contributed by atoms with Gasteiger partial charge in [-0.1, -0.05) is 11.6 Å². The summed E-state index contributed by atoms with van der Waals surface area (Å²) in [4.78, 5) is 0. The SMILES string of the molecule is CCOP(=O)(OCC)c1ccc(Cl)cc1Br. The van der Waals surface area contributed by atoms with Crippen molar-refractivity contribution >= 4 is 40.4 Å². The van der Waals surface area contributed by atoms with Crippen LogP contribution in [-0.4, -0.2) is 13.2 Å². The molecule has 0 radical (unpaired) electrons. The average Bonchev–Trinajstić information content (AvgIpc) is 2.17. The zero-order valence-corrected chi connectivity index (χ0v) is 12.3. The van der Waals surface area contributed by atoms with Gasteiger partial charge in [0.05, 0.1) is 18.5 Å². The van der Waals surface area contributed by atoms with Crippen molar-refractivity contribution in [3.05, 3.63) is 27.7 Å². The summed E-state index contributed by atoms with van der Waals surface area (Å²) in [5, 5.41) is 1.07. The second-order valence-corrected chi connectivity index (χ2v) is 6.21. The molecule has 1 rings (SSSR count). The van der Waals surface area contributed by atoms with Crippen LogP contribution in [0, 0.1) is 0 Å². The molecule has 3 nitrogen and oxygen atoms in total. The molecule has 0 heterocycles. The van der Waals surface area contributed by atoms with Gasteiger partial charge in [0, 0.05) is 9.50 Å². The van der Waals surface area contributed by atoms with E-state index in [1.165, 1.54) is 0 Å². The number of hydrogen-bond donors (Lipinski definition) is 0. The van der Waals surface area contributed by atoms with Crippen molar-refractivity contribution in [2.24, 2.45) is 0 Å². The Morgan fingerprint density at radius 3 is 2.31 bits per heavy atom. The molecule has 0 fully saturated rings. The lowest BCUT2D eigenvalue weighted by Gasteiger charge is -2.18. The Labute approximate surface area is 109 Å². The van der Waals surface area contributed by atoms with Crippen molar-refractivity contribution in [1.82, 2.24) is 0 Å². The van der Waals surface area contributed by atoms with E-state index in [4.69, 9.17) is 20.6 Å². The van der Waals surface area contributed by atoms with Gasteiger partial charge in [-0.05, 0) is 48.0 Å². The van der Waals surface area contributed by atoms with E-state index in [1.807, 2.05) is 0 Å². The highest BCUT2D eigenvalue weighted by molar-refractivity contribution is 9.10. The van der Waals surface area contributed by atoms with Gasteiger partial charge in [-0.3, -0.25) is 4.57 Å². The quantitative estimate of drug-likeness (QED) is 0.767. The average molecular weight is 328 g/mol. The summed E-state index contributed by atoms with van der Waals surface area (Å²) in [6, 6.07) is 4.98. The fourth-order valence-corrected chi connectivity index (χ4v) is 4.17. The van der Waals surface area contributed by atoms with Crippen molar-refractivity contribution in [2.45, 2.75) is 13.8 Å². The smallest absolute Gasteiger partial charge is 0.305 e. The minimum atomic E-state index is -3.23. The maximum Gasteiger partial charge on any atom is 0.362 e. The van der Waals surface area contributed by atoms with Crippen LogP contribution in [0.5, 0.6) is 0 Å². The third kappa shape index (κ3) is 3.31. The molecule has 0 spiro atoms. The summed E-state index contributed by atoms with van der Waals surface area (Å²) in [7, 11) is -3.23. The minimum Gasteiger partial charge on any atom is -0.305 e. The van der Waals surface area contributed by atoms with E-state index in [1.54, 1.807) is 32.0 Å². The maximum atomic E-state index is 12.4. The van der Waals surface area contributed by atoms with Crippen molar-refractivity contribution in [2.75, 3.05) is 13.2 Å². The van der Waals surface area contributed by atoms with E-state index in [0.29, 0.717) is 28.0 Å². The van der Waals surface area contributed by atoms with Crippen molar-refractivity contribution in [3.63, 3.8) is 0 Å². The van der Waals surface area contributed by atoms with Gasteiger partial charge >= 0.3 is 7.60 Å². The molecule has 1 aromatic rings. The highest BCUT2D eigenvalue weighted by atomic mass is 79.9. The fourth-order valence-electron chi connectivity index (χ4n) is 1.22. The molecule has 1 aromatic carbocycles. The lowest BCUT2D eigenvalue weighted by Crippen LogP contribution is -2.12. The highest BCUT2D eigenvalue weighted by Gasteiger charge is 2.28. The van der Waals surface area contributed by atoms with Gasteiger partial charge < -0.3 is 9.05 Å². The van der Waals surface area contributed by atoms with Gasteiger partial charge in [0.2, 0.25) is 0 Å². The molecular weight excluding hydrogens is 314 g/mol. The Kier molecular flexibility index (Phi) is 5.48. The first-order valence-corrected chi connectivity index (χ1v) is 7.59. The summed E-state index contributed by atoms with van der Waals surface area (Å²) in [5.74, 6) is 0. The third-order valence-corrected chi connectivity index (χ3v) is 5.18. The Morgan fingerprint density at radius 1 is 1.31 bits per heavy atom. The molecule has 0 unspecified atom stereocenters. The van der Waals surface area contributed by atoms with E-state index in [2.05, 4.69) is 15.9 Å². The highest BCUT2D eigenvalue weighted by Crippen LogP contribution is 2.48. The molecule has 0 aromatic heterocycles. The zero-order chi connectivity index (χ0) is 12.2. The topological polar surface area (TPSA) is 35.5 Å². The largest absolute Gasteiger partial charge is 0.362 e. The molecule has 0 aliphatic carbocycles. The lowest BCUT2D eigenvalue weighted by atomic mass is 10.4. The van der Waals surface area contributed by atoms with Gasteiger partial charge in [0.15, 0.2) is 0 Å². The molecule has 0 bridgehead atoms. The number of benzene rings is 1. The van der Waals surface area contributed by atoms with Gasteiger partial charge in [0.1, 0.15) is 0 Å². The van der Waals surface area contributed by atoms with Crippen molar-refractivity contribution in [3.8, 4) is 0 Å². The van der Waals surface area contributed by atoms with Crippen molar-refractivity contribution < 1.29 is 13.6 Å². The predicted molar refractivity (Wildman–Crippen MR) is 69.6 cm³/mol. The van der Waals surface area contributed by atoms with Gasteiger partial charge in [0.25, 0.3) is 0 Å². The van der Waals surface area contributed by atoms with Crippen LogP contribution in [0.3, 0.4) is 0 Å². The first-order valence-electron chi connectivity index (χ1n) is 4.88. The van der Waals surface area contributed by atoms with Crippen LogP contribution in [-0.2, 0) is 13.6 Å². The number of halogens is 2. The summed E-state index contributed by atoms with van der Waals surface area (Å²) < 4.78 is 23.5. The summed E-state index contributed by atoms with van der Waals surface area (Å²) >= 11 is 9.13. The Hall–Kier alpha value is 0.140. The van der Waals surface area contributed by atoms with Crippen LogP contribution in [0.25, 0.3) is 0 Å². The van der Waals surface area contributed by atoms with Crippen molar-refractivity contribution in [1.29, 1.82) is 0 Å². The maximum absolute atomic E-state index is 12.4.